The van der Waals surface area contributed by atoms with E-state index in [1.54, 1.807) is 12.1 Å². The molecule has 0 spiro atoms. The summed E-state index contributed by atoms with van der Waals surface area (Å²) in [5.41, 5.74) is 0.862. The van der Waals surface area contributed by atoms with Crippen molar-refractivity contribution in [2.24, 2.45) is 0 Å². The van der Waals surface area contributed by atoms with Gasteiger partial charge in [0.05, 0.1) is 13.2 Å². The SMILES string of the molecule is CCOc1ccc(O)c(CN(CCO)C2CC2)c1. The van der Waals surface area contributed by atoms with Gasteiger partial charge in [-0.3, -0.25) is 4.90 Å². The van der Waals surface area contributed by atoms with Crippen LogP contribution in [0.4, 0.5) is 0 Å². The van der Waals surface area contributed by atoms with E-state index in [9.17, 15) is 5.11 Å². The van der Waals surface area contributed by atoms with Crippen LogP contribution in [0.1, 0.15) is 25.3 Å². The third kappa shape index (κ3) is 3.37. The molecule has 0 radical (unpaired) electrons. The van der Waals surface area contributed by atoms with Crippen molar-refractivity contribution in [3.8, 4) is 11.5 Å². The molecule has 4 nitrogen and oxygen atoms in total. The molecule has 1 fully saturated rings. The van der Waals surface area contributed by atoms with Gasteiger partial charge in [0, 0.05) is 24.7 Å². The van der Waals surface area contributed by atoms with Crippen LogP contribution in [0.3, 0.4) is 0 Å². The highest BCUT2D eigenvalue weighted by Gasteiger charge is 2.28. The number of aliphatic hydroxyl groups is 1. The Bertz CT molecular complexity index is 391. The number of aromatic hydroxyl groups is 1. The highest BCUT2D eigenvalue weighted by molar-refractivity contribution is 5.39. The summed E-state index contributed by atoms with van der Waals surface area (Å²) in [6.07, 6.45) is 2.37. The van der Waals surface area contributed by atoms with Crippen molar-refractivity contribution in [1.82, 2.24) is 4.90 Å². The molecule has 0 aliphatic heterocycles. The minimum Gasteiger partial charge on any atom is -0.508 e. The molecule has 18 heavy (non-hydrogen) atoms. The molecule has 0 unspecified atom stereocenters. The first-order valence-corrected chi connectivity index (χ1v) is 6.54. The van der Waals surface area contributed by atoms with E-state index in [-0.39, 0.29) is 6.61 Å². The second-order valence-electron chi connectivity index (χ2n) is 4.65. The molecular formula is C14H21NO3. The molecule has 0 amide bonds. The fraction of sp³-hybridized carbons (Fsp3) is 0.571. The minimum atomic E-state index is 0.155. The molecule has 0 aromatic heterocycles. The zero-order valence-electron chi connectivity index (χ0n) is 10.8. The lowest BCUT2D eigenvalue weighted by atomic mass is 10.1. The summed E-state index contributed by atoms with van der Waals surface area (Å²) >= 11 is 0. The van der Waals surface area contributed by atoms with Crippen LogP contribution in [0.2, 0.25) is 0 Å². The van der Waals surface area contributed by atoms with E-state index in [2.05, 4.69) is 4.90 Å². The van der Waals surface area contributed by atoms with Gasteiger partial charge in [0.2, 0.25) is 0 Å². The Morgan fingerprint density at radius 3 is 2.78 bits per heavy atom. The number of phenolic OH excluding ortho intramolecular Hbond substituents is 1. The molecule has 0 heterocycles. The molecule has 1 aliphatic carbocycles. The van der Waals surface area contributed by atoms with Gasteiger partial charge in [-0.1, -0.05) is 0 Å². The molecule has 0 atom stereocenters. The van der Waals surface area contributed by atoms with Crippen LogP contribution < -0.4 is 4.74 Å². The second-order valence-corrected chi connectivity index (χ2v) is 4.65. The van der Waals surface area contributed by atoms with E-state index in [0.717, 1.165) is 11.3 Å². The first kappa shape index (κ1) is 13.2. The Labute approximate surface area is 108 Å². The first-order chi connectivity index (χ1) is 8.74. The minimum absolute atomic E-state index is 0.155. The van der Waals surface area contributed by atoms with Crippen molar-refractivity contribution in [3.05, 3.63) is 23.8 Å². The average Bonchev–Trinajstić information content (AvgIpc) is 3.17. The van der Waals surface area contributed by atoms with Crippen LogP contribution in [-0.4, -0.2) is 40.9 Å². The Morgan fingerprint density at radius 2 is 2.17 bits per heavy atom. The van der Waals surface area contributed by atoms with Crippen molar-refractivity contribution >= 4 is 0 Å². The number of nitrogens with zero attached hydrogens (tertiary/aromatic N) is 1. The van der Waals surface area contributed by atoms with E-state index >= 15 is 0 Å². The van der Waals surface area contributed by atoms with Crippen molar-refractivity contribution in [3.63, 3.8) is 0 Å². The standard InChI is InChI=1S/C14H21NO3/c1-2-18-13-5-6-14(17)11(9-13)10-15(7-8-16)12-3-4-12/h5-6,9,12,16-17H,2-4,7-8,10H2,1H3. The maximum Gasteiger partial charge on any atom is 0.120 e. The first-order valence-electron chi connectivity index (χ1n) is 6.54. The number of hydrogen-bond donors (Lipinski definition) is 2. The molecule has 0 bridgehead atoms. The average molecular weight is 251 g/mol. The molecule has 0 saturated heterocycles. The summed E-state index contributed by atoms with van der Waals surface area (Å²) in [7, 11) is 0. The molecular weight excluding hydrogens is 230 g/mol. The topological polar surface area (TPSA) is 52.9 Å². The Morgan fingerprint density at radius 1 is 1.39 bits per heavy atom. The molecule has 2 rings (SSSR count). The number of aliphatic hydroxyl groups excluding tert-OH is 1. The predicted molar refractivity (Wildman–Crippen MR) is 69.8 cm³/mol. The summed E-state index contributed by atoms with van der Waals surface area (Å²) in [5.74, 6) is 1.08. The van der Waals surface area contributed by atoms with Crippen LogP contribution in [0.15, 0.2) is 18.2 Å². The van der Waals surface area contributed by atoms with Gasteiger partial charge in [0.25, 0.3) is 0 Å². The number of hydrogen-bond acceptors (Lipinski definition) is 4. The van der Waals surface area contributed by atoms with Gasteiger partial charge < -0.3 is 14.9 Å². The van der Waals surface area contributed by atoms with E-state index < -0.39 is 0 Å². The van der Waals surface area contributed by atoms with Gasteiger partial charge in [-0.15, -0.1) is 0 Å². The summed E-state index contributed by atoms with van der Waals surface area (Å²) in [6.45, 7) is 4.03. The Hall–Kier alpha value is -1.26. The van der Waals surface area contributed by atoms with Crippen LogP contribution >= 0.6 is 0 Å². The van der Waals surface area contributed by atoms with Gasteiger partial charge in [0.15, 0.2) is 0 Å². The highest BCUT2D eigenvalue weighted by Crippen LogP contribution is 2.31. The summed E-state index contributed by atoms with van der Waals surface area (Å²) in [4.78, 5) is 2.21. The maximum absolute atomic E-state index is 9.88. The van der Waals surface area contributed by atoms with Crippen molar-refractivity contribution in [2.45, 2.75) is 32.4 Å². The molecule has 100 valence electrons. The van der Waals surface area contributed by atoms with Crippen LogP contribution in [-0.2, 0) is 6.54 Å². The number of ether oxygens (including phenoxy) is 1. The largest absolute Gasteiger partial charge is 0.508 e. The third-order valence-electron chi connectivity index (χ3n) is 3.19. The molecule has 1 aromatic carbocycles. The molecule has 1 aromatic rings. The van der Waals surface area contributed by atoms with Gasteiger partial charge in [-0.05, 0) is 38.0 Å². The van der Waals surface area contributed by atoms with Crippen molar-refractivity contribution in [2.75, 3.05) is 19.8 Å². The van der Waals surface area contributed by atoms with Gasteiger partial charge in [-0.2, -0.15) is 0 Å². The van der Waals surface area contributed by atoms with Gasteiger partial charge >= 0.3 is 0 Å². The van der Waals surface area contributed by atoms with Crippen LogP contribution in [0.25, 0.3) is 0 Å². The summed E-state index contributed by atoms with van der Waals surface area (Å²) < 4.78 is 5.44. The monoisotopic (exact) mass is 251 g/mol. The fourth-order valence-electron chi connectivity index (χ4n) is 2.12. The van der Waals surface area contributed by atoms with E-state index in [0.29, 0.717) is 31.5 Å². The van der Waals surface area contributed by atoms with Gasteiger partial charge in [0.1, 0.15) is 11.5 Å². The van der Waals surface area contributed by atoms with Gasteiger partial charge in [-0.25, -0.2) is 0 Å². The normalized spacial score (nSPS) is 15.1. The Kier molecular flexibility index (Phi) is 4.44. The molecule has 2 N–H and O–H groups in total. The molecule has 1 saturated carbocycles. The smallest absolute Gasteiger partial charge is 0.120 e. The molecule has 1 aliphatic rings. The quantitative estimate of drug-likeness (QED) is 0.775. The fourth-order valence-corrected chi connectivity index (χ4v) is 2.12. The zero-order chi connectivity index (χ0) is 13.0. The number of benzene rings is 1. The van der Waals surface area contributed by atoms with Crippen LogP contribution in [0.5, 0.6) is 11.5 Å². The lowest BCUT2D eigenvalue weighted by Gasteiger charge is -2.21. The molecule has 4 heteroatoms. The predicted octanol–water partition coefficient (Wildman–Crippen LogP) is 1.75. The van der Waals surface area contributed by atoms with Crippen molar-refractivity contribution in [1.29, 1.82) is 0 Å². The summed E-state index contributed by atoms with van der Waals surface area (Å²) in [6, 6.07) is 5.89. The lowest BCUT2D eigenvalue weighted by Crippen LogP contribution is -2.28. The highest BCUT2D eigenvalue weighted by atomic mass is 16.5. The van der Waals surface area contributed by atoms with E-state index in [1.165, 1.54) is 12.8 Å². The zero-order valence-corrected chi connectivity index (χ0v) is 10.8. The summed E-state index contributed by atoms with van der Waals surface area (Å²) in [5, 5.41) is 18.9. The van der Waals surface area contributed by atoms with Crippen molar-refractivity contribution < 1.29 is 14.9 Å². The number of rotatable bonds is 7. The van der Waals surface area contributed by atoms with E-state index in [4.69, 9.17) is 9.84 Å². The van der Waals surface area contributed by atoms with Crippen LogP contribution in [0, 0.1) is 0 Å². The Balaban J connectivity index is 2.07. The second kappa shape index (κ2) is 6.07. The lowest BCUT2D eigenvalue weighted by molar-refractivity contribution is 0.182. The maximum atomic E-state index is 9.88. The van der Waals surface area contributed by atoms with E-state index in [1.807, 2.05) is 13.0 Å². The number of phenols is 1. The third-order valence-corrected chi connectivity index (χ3v) is 3.19.